The molecule has 0 unspecified atom stereocenters. The third kappa shape index (κ3) is 3.45. The van der Waals surface area contributed by atoms with Crippen LogP contribution in [0.5, 0.6) is 0 Å². The minimum absolute atomic E-state index is 0.156. The lowest BCUT2D eigenvalue weighted by atomic mass is 10.2. The van der Waals surface area contributed by atoms with Crippen LogP contribution >= 0.6 is 11.6 Å². The topological polar surface area (TPSA) is 87.5 Å². The molecule has 0 aliphatic carbocycles. The SMILES string of the molecule is Cc1cc(NC(=O)N[C@H]2CCN(c3ccc(Cl)cc3)C2=O)on1. The third-order valence-corrected chi connectivity index (χ3v) is 3.77. The molecule has 1 aliphatic heterocycles. The van der Waals surface area contributed by atoms with E-state index in [9.17, 15) is 9.59 Å². The van der Waals surface area contributed by atoms with Gasteiger partial charge in [-0.1, -0.05) is 16.8 Å². The number of nitrogens with zero attached hydrogens (tertiary/aromatic N) is 2. The van der Waals surface area contributed by atoms with Crippen LogP contribution in [0.3, 0.4) is 0 Å². The minimum Gasteiger partial charge on any atom is -0.338 e. The highest BCUT2D eigenvalue weighted by molar-refractivity contribution is 6.30. The molecule has 0 spiro atoms. The largest absolute Gasteiger partial charge is 0.338 e. The summed E-state index contributed by atoms with van der Waals surface area (Å²) in [7, 11) is 0. The number of aryl methyl sites for hydroxylation is 1. The molecule has 2 N–H and O–H groups in total. The van der Waals surface area contributed by atoms with Crippen LogP contribution in [0.15, 0.2) is 34.9 Å². The van der Waals surface area contributed by atoms with Gasteiger partial charge in [0, 0.05) is 23.3 Å². The van der Waals surface area contributed by atoms with Crippen molar-refractivity contribution in [1.82, 2.24) is 10.5 Å². The van der Waals surface area contributed by atoms with Gasteiger partial charge in [-0.2, -0.15) is 0 Å². The van der Waals surface area contributed by atoms with Gasteiger partial charge >= 0.3 is 6.03 Å². The predicted octanol–water partition coefficient (Wildman–Crippen LogP) is 2.56. The van der Waals surface area contributed by atoms with Gasteiger partial charge in [-0.3, -0.25) is 10.1 Å². The molecular formula is C15H15ClN4O3. The zero-order valence-corrected chi connectivity index (χ0v) is 13.1. The van der Waals surface area contributed by atoms with Gasteiger partial charge in [0.2, 0.25) is 11.8 Å². The number of hydrogen-bond acceptors (Lipinski definition) is 4. The minimum atomic E-state index is -0.574. The van der Waals surface area contributed by atoms with Crippen LogP contribution in [0.4, 0.5) is 16.4 Å². The first kappa shape index (κ1) is 15.4. The average molecular weight is 335 g/mol. The number of benzene rings is 1. The van der Waals surface area contributed by atoms with E-state index in [1.807, 2.05) is 0 Å². The fourth-order valence-corrected chi connectivity index (χ4v) is 2.55. The lowest BCUT2D eigenvalue weighted by Crippen LogP contribution is -2.43. The summed E-state index contributed by atoms with van der Waals surface area (Å²) in [6.07, 6.45) is 0.532. The quantitative estimate of drug-likeness (QED) is 0.903. The molecule has 1 fully saturated rings. The number of anilines is 2. The Bertz CT molecular complexity index is 729. The molecule has 0 radical (unpaired) electrons. The van der Waals surface area contributed by atoms with E-state index in [4.69, 9.17) is 16.1 Å². The van der Waals surface area contributed by atoms with E-state index in [1.165, 1.54) is 0 Å². The van der Waals surface area contributed by atoms with Crippen molar-refractivity contribution >= 4 is 35.1 Å². The molecule has 3 rings (SSSR count). The van der Waals surface area contributed by atoms with Crippen molar-refractivity contribution in [2.24, 2.45) is 0 Å². The number of carbonyl (C=O) groups is 2. The van der Waals surface area contributed by atoms with E-state index in [-0.39, 0.29) is 11.8 Å². The Balaban J connectivity index is 1.60. The van der Waals surface area contributed by atoms with Crippen molar-refractivity contribution in [3.63, 3.8) is 0 Å². The highest BCUT2D eigenvalue weighted by atomic mass is 35.5. The molecule has 1 atom stereocenters. The first-order valence-corrected chi connectivity index (χ1v) is 7.48. The molecule has 8 heteroatoms. The van der Waals surface area contributed by atoms with Crippen molar-refractivity contribution in [2.45, 2.75) is 19.4 Å². The second kappa shape index (κ2) is 6.29. The molecule has 7 nitrogen and oxygen atoms in total. The summed E-state index contributed by atoms with van der Waals surface area (Å²) in [4.78, 5) is 25.9. The Morgan fingerprint density at radius 3 is 2.78 bits per heavy atom. The van der Waals surface area contributed by atoms with Gasteiger partial charge in [0.25, 0.3) is 0 Å². The zero-order chi connectivity index (χ0) is 16.4. The molecule has 1 aliphatic rings. The molecule has 3 amide bonds. The summed E-state index contributed by atoms with van der Waals surface area (Å²) in [5, 5.41) is 9.43. The lowest BCUT2D eigenvalue weighted by Gasteiger charge is -2.17. The molecule has 1 aromatic heterocycles. The molecule has 23 heavy (non-hydrogen) atoms. The van der Waals surface area contributed by atoms with E-state index < -0.39 is 12.1 Å². The Labute approximate surface area is 137 Å². The van der Waals surface area contributed by atoms with E-state index >= 15 is 0 Å². The Morgan fingerprint density at radius 2 is 2.13 bits per heavy atom. The van der Waals surface area contributed by atoms with Gasteiger partial charge in [-0.25, -0.2) is 4.79 Å². The first-order valence-electron chi connectivity index (χ1n) is 7.11. The molecule has 0 saturated carbocycles. The Hall–Kier alpha value is -2.54. The average Bonchev–Trinajstić information content (AvgIpc) is 3.07. The van der Waals surface area contributed by atoms with Gasteiger partial charge in [0.05, 0.1) is 5.69 Å². The Kier molecular flexibility index (Phi) is 4.20. The van der Waals surface area contributed by atoms with Crippen LogP contribution in [-0.4, -0.2) is 29.7 Å². The van der Waals surface area contributed by atoms with E-state index in [1.54, 1.807) is 42.2 Å². The number of urea groups is 1. The maximum Gasteiger partial charge on any atom is 0.322 e. The van der Waals surface area contributed by atoms with Crippen LogP contribution in [0.2, 0.25) is 5.02 Å². The van der Waals surface area contributed by atoms with E-state index in [0.717, 1.165) is 5.69 Å². The monoisotopic (exact) mass is 334 g/mol. The van der Waals surface area contributed by atoms with Gasteiger partial charge in [0.1, 0.15) is 6.04 Å². The predicted molar refractivity (Wildman–Crippen MR) is 85.6 cm³/mol. The summed E-state index contributed by atoms with van der Waals surface area (Å²) in [6.45, 7) is 2.28. The maximum atomic E-state index is 12.4. The summed E-state index contributed by atoms with van der Waals surface area (Å²) in [6, 6.07) is 7.52. The number of carbonyl (C=O) groups excluding carboxylic acids is 2. The van der Waals surface area contributed by atoms with Crippen LogP contribution < -0.4 is 15.5 Å². The number of nitrogens with one attached hydrogen (secondary N) is 2. The van der Waals surface area contributed by atoms with Crippen molar-refractivity contribution in [3.05, 3.63) is 41.0 Å². The summed E-state index contributed by atoms with van der Waals surface area (Å²) >= 11 is 5.85. The van der Waals surface area contributed by atoms with Crippen molar-refractivity contribution < 1.29 is 14.1 Å². The van der Waals surface area contributed by atoms with Crippen molar-refractivity contribution in [1.29, 1.82) is 0 Å². The molecule has 2 heterocycles. The number of aromatic nitrogens is 1. The number of amides is 3. The van der Waals surface area contributed by atoms with Gasteiger partial charge in [0.15, 0.2) is 0 Å². The third-order valence-electron chi connectivity index (χ3n) is 3.51. The second-order valence-electron chi connectivity index (χ2n) is 5.24. The van der Waals surface area contributed by atoms with Gasteiger partial charge < -0.3 is 14.7 Å². The van der Waals surface area contributed by atoms with Gasteiger partial charge in [-0.05, 0) is 37.6 Å². The molecule has 1 aromatic carbocycles. The summed E-state index contributed by atoms with van der Waals surface area (Å²) in [5.74, 6) is 0.0798. The van der Waals surface area contributed by atoms with E-state index in [0.29, 0.717) is 23.7 Å². The summed E-state index contributed by atoms with van der Waals surface area (Å²) < 4.78 is 4.90. The number of hydrogen-bond donors (Lipinski definition) is 2. The van der Waals surface area contributed by atoms with Crippen LogP contribution in [0.1, 0.15) is 12.1 Å². The van der Waals surface area contributed by atoms with Crippen molar-refractivity contribution in [3.8, 4) is 0 Å². The molecular weight excluding hydrogens is 320 g/mol. The highest BCUT2D eigenvalue weighted by Gasteiger charge is 2.33. The molecule has 1 saturated heterocycles. The maximum absolute atomic E-state index is 12.4. The zero-order valence-electron chi connectivity index (χ0n) is 12.4. The Morgan fingerprint density at radius 1 is 1.39 bits per heavy atom. The first-order chi connectivity index (χ1) is 11.0. The smallest absolute Gasteiger partial charge is 0.322 e. The molecule has 0 bridgehead atoms. The standard InChI is InChI=1S/C15H15ClN4O3/c1-9-8-13(23-19-9)18-15(22)17-12-6-7-20(14(12)21)11-4-2-10(16)3-5-11/h2-5,8,12H,6-7H2,1H3,(H2,17,18,22)/t12-/m0/s1. The van der Waals surface area contributed by atoms with Crippen LogP contribution in [0, 0.1) is 6.92 Å². The van der Waals surface area contributed by atoms with Crippen LogP contribution in [-0.2, 0) is 4.79 Å². The summed E-state index contributed by atoms with van der Waals surface area (Å²) in [5.41, 5.74) is 1.42. The van der Waals surface area contributed by atoms with Crippen LogP contribution in [0.25, 0.3) is 0 Å². The van der Waals surface area contributed by atoms with E-state index in [2.05, 4.69) is 15.8 Å². The van der Waals surface area contributed by atoms with Gasteiger partial charge in [-0.15, -0.1) is 0 Å². The normalized spacial score (nSPS) is 17.4. The fraction of sp³-hybridized carbons (Fsp3) is 0.267. The second-order valence-corrected chi connectivity index (χ2v) is 5.67. The number of halogens is 1. The molecule has 2 aromatic rings. The lowest BCUT2D eigenvalue weighted by molar-refractivity contribution is -0.118. The van der Waals surface area contributed by atoms with Crippen molar-refractivity contribution in [2.75, 3.05) is 16.8 Å². The molecule has 120 valence electrons. The highest BCUT2D eigenvalue weighted by Crippen LogP contribution is 2.23. The number of rotatable bonds is 3. The fourth-order valence-electron chi connectivity index (χ4n) is 2.42.